The van der Waals surface area contributed by atoms with Gasteiger partial charge in [-0.1, -0.05) is 47.8 Å². The second-order valence-electron chi connectivity index (χ2n) is 5.63. The summed E-state index contributed by atoms with van der Waals surface area (Å²) in [5.41, 5.74) is 2.97. The number of rotatable bonds is 4. The first-order chi connectivity index (χ1) is 10.2. The van der Waals surface area contributed by atoms with Crippen molar-refractivity contribution in [1.29, 1.82) is 0 Å². The maximum Gasteiger partial charge on any atom is 0.309 e. The zero-order valence-corrected chi connectivity index (χ0v) is 12.2. The number of aromatic nitrogens is 1. The highest BCUT2D eigenvalue weighted by Crippen LogP contribution is 2.26. The van der Waals surface area contributed by atoms with Crippen LogP contribution >= 0.6 is 0 Å². The molecule has 0 spiro atoms. The number of hydrogen-bond donors (Lipinski definition) is 0. The van der Waals surface area contributed by atoms with E-state index < -0.39 is 0 Å². The Bertz CT molecular complexity index is 609. The second-order valence-corrected chi connectivity index (χ2v) is 5.63. The molecule has 3 rings (SSSR count). The molecular formula is C17H19NO3. The van der Waals surface area contributed by atoms with Gasteiger partial charge >= 0.3 is 5.97 Å². The van der Waals surface area contributed by atoms with Crippen LogP contribution in [0.1, 0.15) is 37.0 Å². The van der Waals surface area contributed by atoms with Gasteiger partial charge < -0.3 is 9.26 Å². The van der Waals surface area contributed by atoms with Crippen molar-refractivity contribution < 1.29 is 14.1 Å². The number of carbonyl (C=O) groups is 1. The number of esters is 1. The van der Waals surface area contributed by atoms with Crippen LogP contribution in [0, 0.1) is 12.8 Å². The minimum absolute atomic E-state index is 0.0736. The van der Waals surface area contributed by atoms with Gasteiger partial charge in [-0.3, -0.25) is 4.79 Å². The molecule has 1 aromatic heterocycles. The molecule has 0 amide bonds. The van der Waals surface area contributed by atoms with Crippen LogP contribution in [0.2, 0.25) is 0 Å². The van der Waals surface area contributed by atoms with Gasteiger partial charge in [-0.25, -0.2) is 0 Å². The molecule has 1 aliphatic carbocycles. The average Bonchev–Trinajstić information content (AvgIpc) is 3.17. The number of aryl methyl sites for hydroxylation is 1. The van der Waals surface area contributed by atoms with Gasteiger partial charge in [-0.2, -0.15) is 0 Å². The summed E-state index contributed by atoms with van der Waals surface area (Å²) in [6.07, 6.45) is 4.15. The summed E-state index contributed by atoms with van der Waals surface area (Å²) >= 11 is 0. The normalized spacial score (nSPS) is 15.3. The molecule has 1 aromatic carbocycles. The SMILES string of the molecule is Cc1ccc(-c2cc(COC(=O)C3CCCC3)on2)cc1. The van der Waals surface area contributed by atoms with Crippen LogP contribution in [0.15, 0.2) is 34.9 Å². The van der Waals surface area contributed by atoms with Crippen LogP contribution in [-0.2, 0) is 16.1 Å². The fraction of sp³-hybridized carbons (Fsp3) is 0.412. The zero-order chi connectivity index (χ0) is 14.7. The molecule has 1 heterocycles. The van der Waals surface area contributed by atoms with E-state index in [0.29, 0.717) is 5.76 Å². The van der Waals surface area contributed by atoms with Gasteiger partial charge in [0, 0.05) is 11.6 Å². The molecule has 4 nitrogen and oxygen atoms in total. The van der Waals surface area contributed by atoms with Crippen molar-refractivity contribution in [2.24, 2.45) is 5.92 Å². The Morgan fingerprint density at radius 2 is 2.00 bits per heavy atom. The summed E-state index contributed by atoms with van der Waals surface area (Å²) in [7, 11) is 0. The van der Waals surface area contributed by atoms with Crippen LogP contribution in [0.25, 0.3) is 11.3 Å². The molecule has 0 atom stereocenters. The maximum absolute atomic E-state index is 11.8. The Labute approximate surface area is 124 Å². The van der Waals surface area contributed by atoms with E-state index in [4.69, 9.17) is 9.26 Å². The molecule has 21 heavy (non-hydrogen) atoms. The Hall–Kier alpha value is -2.10. The van der Waals surface area contributed by atoms with E-state index in [1.807, 2.05) is 37.3 Å². The standard InChI is InChI=1S/C17H19NO3/c1-12-6-8-13(9-7-12)16-10-15(21-18-16)11-20-17(19)14-4-2-3-5-14/h6-10,14H,2-5,11H2,1H3. The first kappa shape index (κ1) is 13.9. The van der Waals surface area contributed by atoms with Crippen molar-refractivity contribution >= 4 is 5.97 Å². The highest BCUT2D eigenvalue weighted by Gasteiger charge is 2.24. The van der Waals surface area contributed by atoms with Gasteiger partial charge in [0.1, 0.15) is 5.69 Å². The molecule has 2 aromatic rings. The topological polar surface area (TPSA) is 52.3 Å². The fourth-order valence-electron chi connectivity index (χ4n) is 2.66. The van der Waals surface area contributed by atoms with Crippen molar-refractivity contribution in [1.82, 2.24) is 5.16 Å². The largest absolute Gasteiger partial charge is 0.457 e. The Kier molecular flexibility index (Phi) is 4.04. The van der Waals surface area contributed by atoms with E-state index >= 15 is 0 Å². The molecule has 0 bridgehead atoms. The van der Waals surface area contributed by atoms with Gasteiger partial charge in [0.2, 0.25) is 0 Å². The molecule has 4 heteroatoms. The molecule has 110 valence electrons. The van der Waals surface area contributed by atoms with Crippen LogP contribution in [0.3, 0.4) is 0 Å². The summed E-state index contributed by atoms with van der Waals surface area (Å²) in [5, 5.41) is 4.03. The molecule has 0 N–H and O–H groups in total. The van der Waals surface area contributed by atoms with Crippen LogP contribution in [-0.4, -0.2) is 11.1 Å². The van der Waals surface area contributed by atoms with Crippen molar-refractivity contribution in [3.63, 3.8) is 0 Å². The molecule has 1 saturated carbocycles. The van der Waals surface area contributed by atoms with E-state index in [0.717, 1.165) is 36.9 Å². The molecule has 0 unspecified atom stereocenters. The van der Waals surface area contributed by atoms with Crippen LogP contribution < -0.4 is 0 Å². The van der Waals surface area contributed by atoms with Gasteiger partial charge in [0.15, 0.2) is 12.4 Å². The molecule has 1 fully saturated rings. The molecule has 0 radical (unpaired) electrons. The van der Waals surface area contributed by atoms with Gasteiger partial charge in [-0.15, -0.1) is 0 Å². The summed E-state index contributed by atoms with van der Waals surface area (Å²) in [6.45, 7) is 2.20. The molecule has 0 aliphatic heterocycles. The smallest absolute Gasteiger partial charge is 0.309 e. The van der Waals surface area contributed by atoms with Crippen molar-refractivity contribution in [2.45, 2.75) is 39.2 Å². The molecular weight excluding hydrogens is 266 g/mol. The van der Waals surface area contributed by atoms with E-state index in [2.05, 4.69) is 5.16 Å². The lowest BCUT2D eigenvalue weighted by atomic mass is 10.1. The lowest BCUT2D eigenvalue weighted by molar-refractivity contribution is -0.150. The predicted octanol–water partition coefficient (Wildman–Crippen LogP) is 3.88. The maximum atomic E-state index is 11.8. The second kappa shape index (κ2) is 6.12. The number of benzene rings is 1. The van der Waals surface area contributed by atoms with E-state index in [1.165, 1.54) is 5.56 Å². The first-order valence-corrected chi connectivity index (χ1v) is 7.41. The minimum atomic E-state index is -0.110. The highest BCUT2D eigenvalue weighted by atomic mass is 16.5. The van der Waals surface area contributed by atoms with E-state index in [1.54, 1.807) is 0 Å². The molecule has 1 aliphatic rings. The number of hydrogen-bond acceptors (Lipinski definition) is 4. The van der Waals surface area contributed by atoms with Gasteiger partial charge in [-0.05, 0) is 19.8 Å². The van der Waals surface area contributed by atoms with E-state index in [9.17, 15) is 4.79 Å². The summed E-state index contributed by atoms with van der Waals surface area (Å²) < 4.78 is 10.5. The average molecular weight is 285 g/mol. The highest BCUT2D eigenvalue weighted by molar-refractivity contribution is 5.72. The molecule has 0 saturated heterocycles. The third kappa shape index (κ3) is 3.32. The number of ether oxygens (including phenoxy) is 1. The van der Waals surface area contributed by atoms with Crippen LogP contribution in [0.4, 0.5) is 0 Å². The Morgan fingerprint density at radius 1 is 1.29 bits per heavy atom. The monoisotopic (exact) mass is 285 g/mol. The lowest BCUT2D eigenvalue weighted by Gasteiger charge is -2.07. The third-order valence-electron chi connectivity index (χ3n) is 3.95. The number of nitrogens with zero attached hydrogens (tertiary/aromatic N) is 1. The van der Waals surface area contributed by atoms with Crippen LogP contribution in [0.5, 0.6) is 0 Å². The Balaban J connectivity index is 1.60. The summed E-state index contributed by atoms with van der Waals surface area (Å²) in [4.78, 5) is 11.8. The third-order valence-corrected chi connectivity index (χ3v) is 3.95. The minimum Gasteiger partial charge on any atom is -0.457 e. The quantitative estimate of drug-likeness (QED) is 0.800. The zero-order valence-electron chi connectivity index (χ0n) is 12.2. The van der Waals surface area contributed by atoms with E-state index in [-0.39, 0.29) is 18.5 Å². The van der Waals surface area contributed by atoms with Gasteiger partial charge in [0.25, 0.3) is 0 Å². The fourth-order valence-corrected chi connectivity index (χ4v) is 2.66. The van der Waals surface area contributed by atoms with Crippen molar-refractivity contribution in [3.8, 4) is 11.3 Å². The number of carbonyl (C=O) groups excluding carboxylic acids is 1. The van der Waals surface area contributed by atoms with Gasteiger partial charge in [0.05, 0.1) is 5.92 Å². The first-order valence-electron chi connectivity index (χ1n) is 7.41. The Morgan fingerprint density at radius 3 is 2.71 bits per heavy atom. The summed E-state index contributed by atoms with van der Waals surface area (Å²) in [5.74, 6) is 0.544. The lowest BCUT2D eigenvalue weighted by Crippen LogP contribution is -2.14. The summed E-state index contributed by atoms with van der Waals surface area (Å²) in [6, 6.07) is 9.89. The van der Waals surface area contributed by atoms with Crippen molar-refractivity contribution in [3.05, 3.63) is 41.7 Å². The van der Waals surface area contributed by atoms with Crippen molar-refractivity contribution in [2.75, 3.05) is 0 Å². The predicted molar refractivity (Wildman–Crippen MR) is 78.4 cm³/mol.